The lowest BCUT2D eigenvalue weighted by Crippen LogP contribution is -2.23. The largest absolute Gasteiger partial charge is 0.126 e. The highest BCUT2D eigenvalue weighted by atomic mass is 79.9. The molecular weight excluding hydrogens is 283 g/mol. The molecule has 0 unspecified atom stereocenters. The molecule has 0 fully saturated rings. The predicted octanol–water partition coefficient (Wildman–Crippen LogP) is 4.48. The minimum Gasteiger partial charge on any atom is -0.126 e. The fraction of sp³-hybridized carbons (Fsp3) is 0.455. The molecule has 0 aliphatic heterocycles. The first-order valence-electron chi connectivity index (χ1n) is 4.46. The molecule has 0 amide bonds. The molecule has 0 aliphatic rings. The SMILES string of the molecule is CC(CCl)(CCl)Cc1cccc(Br)c1. The second-order valence-corrected chi connectivity index (χ2v) is 5.33. The number of alkyl halides is 2. The third-order valence-corrected chi connectivity index (χ3v) is 3.95. The van der Waals surface area contributed by atoms with Gasteiger partial charge in [0.1, 0.15) is 0 Å². The van der Waals surface area contributed by atoms with Crippen LogP contribution < -0.4 is 0 Å². The maximum Gasteiger partial charge on any atom is 0.0291 e. The predicted molar refractivity (Wildman–Crippen MR) is 67.4 cm³/mol. The Kier molecular flexibility index (Phi) is 4.75. The van der Waals surface area contributed by atoms with Crippen molar-refractivity contribution in [3.63, 3.8) is 0 Å². The zero-order valence-corrected chi connectivity index (χ0v) is 11.2. The highest BCUT2D eigenvalue weighted by molar-refractivity contribution is 9.10. The molecule has 0 nitrogen and oxygen atoms in total. The van der Waals surface area contributed by atoms with Gasteiger partial charge < -0.3 is 0 Å². The third-order valence-electron chi connectivity index (χ3n) is 2.17. The molecule has 3 heteroatoms. The van der Waals surface area contributed by atoms with E-state index in [1.54, 1.807) is 0 Å². The van der Waals surface area contributed by atoms with Crippen molar-refractivity contribution in [2.75, 3.05) is 11.8 Å². The van der Waals surface area contributed by atoms with E-state index in [9.17, 15) is 0 Å². The van der Waals surface area contributed by atoms with Crippen LogP contribution in [0.5, 0.6) is 0 Å². The molecule has 0 aromatic heterocycles. The van der Waals surface area contributed by atoms with Gasteiger partial charge in [-0.3, -0.25) is 0 Å². The summed E-state index contributed by atoms with van der Waals surface area (Å²) >= 11 is 15.3. The Balaban J connectivity index is 2.77. The van der Waals surface area contributed by atoms with Crippen molar-refractivity contribution in [1.29, 1.82) is 0 Å². The molecule has 1 aromatic carbocycles. The zero-order valence-electron chi connectivity index (χ0n) is 8.06. The number of hydrogen-bond acceptors (Lipinski definition) is 0. The normalized spacial score (nSPS) is 11.7. The minimum absolute atomic E-state index is 0.0100. The second-order valence-electron chi connectivity index (χ2n) is 3.88. The van der Waals surface area contributed by atoms with Gasteiger partial charge >= 0.3 is 0 Å². The van der Waals surface area contributed by atoms with Gasteiger partial charge in [0.25, 0.3) is 0 Å². The number of halogens is 3. The van der Waals surface area contributed by atoms with Crippen molar-refractivity contribution < 1.29 is 0 Å². The van der Waals surface area contributed by atoms with Crippen LogP contribution in [-0.4, -0.2) is 11.8 Å². The van der Waals surface area contributed by atoms with Crippen LogP contribution in [0.1, 0.15) is 12.5 Å². The van der Waals surface area contributed by atoms with Gasteiger partial charge in [-0.1, -0.05) is 35.0 Å². The second kappa shape index (κ2) is 5.39. The van der Waals surface area contributed by atoms with E-state index < -0.39 is 0 Å². The topological polar surface area (TPSA) is 0 Å². The highest BCUT2D eigenvalue weighted by Gasteiger charge is 2.22. The van der Waals surface area contributed by atoms with Crippen molar-refractivity contribution in [3.05, 3.63) is 34.3 Å². The average Bonchev–Trinajstić information content (AvgIpc) is 2.18. The summed E-state index contributed by atoms with van der Waals surface area (Å²) in [6.45, 7) is 2.11. The lowest BCUT2D eigenvalue weighted by molar-refractivity contribution is 0.425. The van der Waals surface area contributed by atoms with Crippen molar-refractivity contribution in [3.8, 4) is 0 Å². The third kappa shape index (κ3) is 3.45. The summed E-state index contributed by atoms with van der Waals surface area (Å²) in [5.74, 6) is 1.17. The Morgan fingerprint density at radius 3 is 2.43 bits per heavy atom. The molecule has 0 radical (unpaired) electrons. The van der Waals surface area contributed by atoms with E-state index in [-0.39, 0.29) is 5.41 Å². The van der Waals surface area contributed by atoms with E-state index in [2.05, 4.69) is 35.0 Å². The van der Waals surface area contributed by atoms with Crippen LogP contribution in [0.3, 0.4) is 0 Å². The highest BCUT2D eigenvalue weighted by Crippen LogP contribution is 2.26. The molecule has 0 bridgehead atoms. The van der Waals surface area contributed by atoms with Gasteiger partial charge in [0.15, 0.2) is 0 Å². The Morgan fingerprint density at radius 1 is 1.29 bits per heavy atom. The van der Waals surface area contributed by atoms with Crippen molar-refractivity contribution in [1.82, 2.24) is 0 Å². The molecule has 0 saturated heterocycles. The molecule has 0 aliphatic carbocycles. The maximum absolute atomic E-state index is 5.90. The van der Waals surface area contributed by atoms with Gasteiger partial charge in [-0.25, -0.2) is 0 Å². The molecular formula is C11H13BrCl2. The molecule has 0 spiro atoms. The van der Waals surface area contributed by atoms with E-state index in [4.69, 9.17) is 23.2 Å². The first-order valence-corrected chi connectivity index (χ1v) is 6.32. The molecule has 1 aromatic rings. The van der Waals surface area contributed by atoms with E-state index >= 15 is 0 Å². The Bertz CT molecular complexity index is 295. The van der Waals surface area contributed by atoms with Gasteiger partial charge in [-0.2, -0.15) is 0 Å². The first kappa shape index (κ1) is 12.4. The fourth-order valence-corrected chi connectivity index (χ4v) is 2.19. The quantitative estimate of drug-likeness (QED) is 0.719. The van der Waals surface area contributed by atoms with E-state index in [0.29, 0.717) is 11.8 Å². The van der Waals surface area contributed by atoms with Crippen LogP contribution in [0.4, 0.5) is 0 Å². The Labute approximate surface area is 104 Å². The van der Waals surface area contributed by atoms with Crippen molar-refractivity contribution in [2.24, 2.45) is 5.41 Å². The van der Waals surface area contributed by atoms with Gasteiger partial charge in [0.2, 0.25) is 0 Å². The van der Waals surface area contributed by atoms with Crippen molar-refractivity contribution in [2.45, 2.75) is 13.3 Å². The number of rotatable bonds is 4. The molecule has 78 valence electrons. The number of benzene rings is 1. The summed E-state index contributed by atoms with van der Waals surface area (Å²) in [7, 11) is 0. The van der Waals surface area contributed by atoms with Crippen LogP contribution in [0.15, 0.2) is 28.7 Å². The van der Waals surface area contributed by atoms with Crippen LogP contribution in [0.25, 0.3) is 0 Å². The minimum atomic E-state index is -0.0100. The van der Waals surface area contributed by atoms with Crippen LogP contribution in [-0.2, 0) is 6.42 Å². The lowest BCUT2D eigenvalue weighted by atomic mass is 9.88. The smallest absolute Gasteiger partial charge is 0.0291 e. The monoisotopic (exact) mass is 294 g/mol. The summed E-state index contributed by atoms with van der Waals surface area (Å²) in [4.78, 5) is 0. The van der Waals surface area contributed by atoms with E-state index in [1.807, 2.05) is 12.1 Å². The van der Waals surface area contributed by atoms with Crippen LogP contribution in [0, 0.1) is 5.41 Å². The standard InChI is InChI=1S/C11H13BrCl2/c1-11(7-13,8-14)6-9-3-2-4-10(12)5-9/h2-5H,6-8H2,1H3. The van der Waals surface area contributed by atoms with Gasteiger partial charge in [-0.15, -0.1) is 23.2 Å². The summed E-state index contributed by atoms with van der Waals surface area (Å²) in [5, 5.41) is 0. The molecule has 0 heterocycles. The van der Waals surface area contributed by atoms with Gasteiger partial charge in [0.05, 0.1) is 0 Å². The zero-order chi connectivity index (χ0) is 10.6. The van der Waals surface area contributed by atoms with Gasteiger partial charge in [0, 0.05) is 16.2 Å². The summed E-state index contributed by atoms with van der Waals surface area (Å²) in [6, 6.07) is 8.25. The maximum atomic E-state index is 5.90. The van der Waals surface area contributed by atoms with Gasteiger partial charge in [-0.05, 0) is 29.5 Å². The summed E-state index contributed by atoms with van der Waals surface area (Å²) in [6.07, 6.45) is 0.916. The van der Waals surface area contributed by atoms with Crippen LogP contribution in [0.2, 0.25) is 0 Å². The Hall–Kier alpha value is 0.280. The molecule has 0 N–H and O–H groups in total. The first-order chi connectivity index (χ1) is 6.59. The Morgan fingerprint density at radius 2 is 1.93 bits per heavy atom. The summed E-state index contributed by atoms with van der Waals surface area (Å²) in [5.41, 5.74) is 1.26. The van der Waals surface area contributed by atoms with E-state index in [1.165, 1.54) is 5.56 Å². The summed E-state index contributed by atoms with van der Waals surface area (Å²) < 4.78 is 1.10. The average molecular weight is 296 g/mol. The van der Waals surface area contributed by atoms with Crippen molar-refractivity contribution >= 4 is 39.1 Å². The van der Waals surface area contributed by atoms with E-state index in [0.717, 1.165) is 10.9 Å². The molecule has 1 rings (SSSR count). The van der Waals surface area contributed by atoms with Crippen LogP contribution >= 0.6 is 39.1 Å². The molecule has 14 heavy (non-hydrogen) atoms. The molecule has 0 saturated carbocycles. The molecule has 0 atom stereocenters. The lowest BCUT2D eigenvalue weighted by Gasteiger charge is -2.24. The number of hydrogen-bond donors (Lipinski definition) is 0. The fourth-order valence-electron chi connectivity index (χ4n) is 1.27.